The van der Waals surface area contributed by atoms with Crippen LogP contribution in [-0.2, 0) is 25.1 Å². The van der Waals surface area contributed by atoms with E-state index in [2.05, 4.69) is 8.92 Å². The van der Waals surface area contributed by atoms with Crippen molar-refractivity contribution >= 4 is 28.9 Å². The molecular weight excluding hydrogens is 256 g/mol. The Kier molecular flexibility index (Phi) is 4.88. The zero-order valence-electron chi connectivity index (χ0n) is 8.21. The summed E-state index contributed by atoms with van der Waals surface area (Å²) in [7, 11) is 1.13. The van der Waals surface area contributed by atoms with Gasteiger partial charge in [-0.05, 0) is 6.07 Å². The number of halogens is 1. The molecule has 1 rings (SSSR count). The summed E-state index contributed by atoms with van der Waals surface area (Å²) in [6.07, 6.45) is -1.38. The van der Waals surface area contributed by atoms with Gasteiger partial charge in [0.1, 0.15) is 0 Å². The van der Waals surface area contributed by atoms with E-state index >= 15 is 0 Å². The first-order valence-corrected chi connectivity index (χ1v) is 5.52. The number of hydrogen-bond acceptors (Lipinski definition) is 5. The third-order valence-corrected chi connectivity index (χ3v) is 2.47. The van der Waals surface area contributed by atoms with Gasteiger partial charge in [-0.25, -0.2) is 9.00 Å². The molecule has 0 fully saturated rings. The monoisotopic (exact) mass is 263 g/mol. The number of rotatable bonds is 4. The molecule has 0 N–H and O–H groups in total. The lowest BCUT2D eigenvalue weighted by Gasteiger charge is -2.17. The van der Waals surface area contributed by atoms with Gasteiger partial charge in [0.05, 0.1) is 18.5 Å². The van der Waals surface area contributed by atoms with Crippen molar-refractivity contribution in [2.45, 2.75) is 6.10 Å². The second-order valence-corrected chi connectivity index (χ2v) is 3.73. The van der Waals surface area contributed by atoms with Gasteiger partial charge in [-0.1, -0.05) is 29.8 Å². The molecule has 0 spiro atoms. The molecule has 5 nitrogen and oxygen atoms in total. The van der Waals surface area contributed by atoms with Crippen molar-refractivity contribution in [3.63, 3.8) is 0 Å². The number of benzene rings is 1. The second kappa shape index (κ2) is 5.95. The number of esters is 1. The lowest BCUT2D eigenvalue weighted by Crippen LogP contribution is -2.19. The van der Waals surface area contributed by atoms with E-state index in [9.17, 15) is 13.6 Å². The number of carbonyl (C=O) groups excluding carboxylic acids is 1. The standard InChI is InChI=1S/C9H9ClO5S/c1-14-9(11)8(15-16(12)13)6-4-2-3-5-7(6)10/h2-5,8H,1H3,(H,12,13)/p-1/t8-/m1/s1. The van der Waals surface area contributed by atoms with Crippen molar-refractivity contribution in [1.82, 2.24) is 0 Å². The maximum atomic E-state index is 11.3. The molecule has 7 heteroatoms. The van der Waals surface area contributed by atoms with E-state index in [0.29, 0.717) is 0 Å². The topological polar surface area (TPSA) is 75.7 Å². The van der Waals surface area contributed by atoms with Crippen molar-refractivity contribution < 1.29 is 22.5 Å². The highest BCUT2D eigenvalue weighted by Gasteiger charge is 2.25. The minimum atomic E-state index is -2.84. The highest BCUT2D eigenvalue weighted by molar-refractivity contribution is 7.74. The molecule has 0 amide bonds. The predicted octanol–water partition coefficient (Wildman–Crippen LogP) is 1.36. The molecule has 0 aliphatic carbocycles. The number of methoxy groups -OCH3 is 1. The third kappa shape index (κ3) is 3.28. The second-order valence-electron chi connectivity index (χ2n) is 2.73. The fourth-order valence-electron chi connectivity index (χ4n) is 1.09. The lowest BCUT2D eigenvalue weighted by molar-refractivity contribution is -0.149. The van der Waals surface area contributed by atoms with Crippen LogP contribution in [0.2, 0.25) is 5.02 Å². The van der Waals surface area contributed by atoms with Gasteiger partial charge in [-0.15, -0.1) is 0 Å². The lowest BCUT2D eigenvalue weighted by atomic mass is 10.1. The Balaban J connectivity index is 3.06. The van der Waals surface area contributed by atoms with Crippen LogP contribution in [0.3, 0.4) is 0 Å². The summed E-state index contributed by atoms with van der Waals surface area (Å²) >= 11 is 2.98. The highest BCUT2D eigenvalue weighted by Crippen LogP contribution is 2.26. The zero-order valence-corrected chi connectivity index (χ0v) is 9.79. The minimum absolute atomic E-state index is 0.225. The van der Waals surface area contributed by atoms with Crippen molar-refractivity contribution in [3.8, 4) is 0 Å². The molecule has 88 valence electrons. The summed E-state index contributed by atoms with van der Waals surface area (Å²) in [5.74, 6) is -0.836. The van der Waals surface area contributed by atoms with Crippen LogP contribution < -0.4 is 0 Å². The summed E-state index contributed by atoms with van der Waals surface area (Å²) in [4.78, 5) is 11.3. The van der Waals surface area contributed by atoms with Crippen LogP contribution in [-0.4, -0.2) is 21.8 Å². The Hall–Kier alpha value is -0.950. The maximum absolute atomic E-state index is 11.3. The summed E-state index contributed by atoms with van der Waals surface area (Å²) in [6, 6.07) is 6.25. The van der Waals surface area contributed by atoms with Crippen LogP contribution >= 0.6 is 11.6 Å². The van der Waals surface area contributed by atoms with Gasteiger partial charge in [-0.3, -0.25) is 4.18 Å². The molecule has 1 aromatic carbocycles. The smallest absolute Gasteiger partial charge is 0.341 e. The van der Waals surface area contributed by atoms with Gasteiger partial charge < -0.3 is 9.29 Å². The molecule has 16 heavy (non-hydrogen) atoms. The van der Waals surface area contributed by atoms with Crippen LogP contribution in [0.1, 0.15) is 11.7 Å². The van der Waals surface area contributed by atoms with E-state index in [-0.39, 0.29) is 10.6 Å². The van der Waals surface area contributed by atoms with Crippen molar-refractivity contribution in [1.29, 1.82) is 0 Å². The minimum Gasteiger partial charge on any atom is -0.750 e. The Morgan fingerprint density at radius 1 is 1.50 bits per heavy atom. The first kappa shape index (κ1) is 13.1. The molecule has 0 aromatic heterocycles. The zero-order chi connectivity index (χ0) is 12.1. The fraction of sp³-hybridized carbons (Fsp3) is 0.222. The van der Waals surface area contributed by atoms with Gasteiger partial charge in [0.25, 0.3) is 0 Å². The van der Waals surface area contributed by atoms with Crippen molar-refractivity contribution in [3.05, 3.63) is 34.9 Å². The molecule has 0 aliphatic heterocycles. The number of carbonyl (C=O) groups is 1. The molecule has 0 aliphatic rings. The Morgan fingerprint density at radius 3 is 2.62 bits per heavy atom. The maximum Gasteiger partial charge on any atom is 0.341 e. The van der Waals surface area contributed by atoms with Gasteiger partial charge >= 0.3 is 5.97 Å². The average molecular weight is 264 g/mol. The van der Waals surface area contributed by atoms with Crippen LogP contribution in [0, 0.1) is 0 Å². The predicted molar refractivity (Wildman–Crippen MR) is 56.2 cm³/mol. The normalized spacial score (nSPS) is 14.2. The van der Waals surface area contributed by atoms with E-state index in [0.717, 1.165) is 7.11 Å². The first-order chi connectivity index (χ1) is 7.56. The molecular formula is C9H8ClO5S-. The van der Waals surface area contributed by atoms with Gasteiger partial charge in [-0.2, -0.15) is 0 Å². The quantitative estimate of drug-likeness (QED) is 0.606. The van der Waals surface area contributed by atoms with Crippen LogP contribution in [0.4, 0.5) is 0 Å². The Bertz CT molecular complexity index is 409. The first-order valence-electron chi connectivity index (χ1n) is 4.15. The van der Waals surface area contributed by atoms with E-state index in [1.165, 1.54) is 12.1 Å². The van der Waals surface area contributed by atoms with Crippen molar-refractivity contribution in [2.24, 2.45) is 0 Å². The van der Waals surface area contributed by atoms with Crippen molar-refractivity contribution in [2.75, 3.05) is 7.11 Å². The molecule has 0 bridgehead atoms. The Labute approximate surface area is 99.8 Å². The fourth-order valence-corrected chi connectivity index (χ4v) is 1.67. The number of hydrogen-bond donors (Lipinski definition) is 0. The third-order valence-electron chi connectivity index (χ3n) is 1.78. The van der Waals surface area contributed by atoms with Crippen LogP contribution in [0.15, 0.2) is 24.3 Å². The summed E-state index contributed by atoms with van der Waals surface area (Å²) in [5.41, 5.74) is 0.236. The van der Waals surface area contributed by atoms with E-state index in [1.807, 2.05) is 0 Å². The summed E-state index contributed by atoms with van der Waals surface area (Å²) in [5, 5.41) is 0.225. The summed E-state index contributed by atoms with van der Waals surface area (Å²) in [6.45, 7) is 0. The summed E-state index contributed by atoms with van der Waals surface area (Å²) < 4.78 is 29.7. The SMILES string of the molecule is COC(=O)[C@H](OS(=O)[O-])c1ccccc1Cl. The van der Waals surface area contributed by atoms with E-state index in [1.54, 1.807) is 12.1 Å². The van der Waals surface area contributed by atoms with E-state index in [4.69, 9.17) is 11.6 Å². The molecule has 1 aromatic rings. The number of ether oxygens (including phenoxy) is 1. The Morgan fingerprint density at radius 2 is 2.12 bits per heavy atom. The average Bonchev–Trinajstić information content (AvgIpc) is 2.26. The van der Waals surface area contributed by atoms with Gasteiger partial charge in [0.15, 0.2) is 6.10 Å². The van der Waals surface area contributed by atoms with E-state index < -0.39 is 23.4 Å². The molecule has 1 unspecified atom stereocenters. The van der Waals surface area contributed by atoms with Crippen LogP contribution in [0.5, 0.6) is 0 Å². The molecule has 2 atom stereocenters. The van der Waals surface area contributed by atoms with Gasteiger partial charge in [0.2, 0.25) is 0 Å². The molecule has 0 saturated heterocycles. The molecule has 0 saturated carbocycles. The van der Waals surface area contributed by atoms with Crippen LogP contribution in [0.25, 0.3) is 0 Å². The molecule has 0 radical (unpaired) electrons. The largest absolute Gasteiger partial charge is 0.750 e. The molecule has 0 heterocycles. The van der Waals surface area contributed by atoms with Gasteiger partial charge in [0, 0.05) is 10.6 Å². The highest BCUT2D eigenvalue weighted by atomic mass is 35.5.